The van der Waals surface area contributed by atoms with Crippen molar-refractivity contribution in [3.8, 4) is 0 Å². The highest BCUT2D eigenvalue weighted by molar-refractivity contribution is 7.46. The van der Waals surface area contributed by atoms with E-state index in [1.165, 1.54) is 64.2 Å². The van der Waals surface area contributed by atoms with Gasteiger partial charge >= 0.3 is 19.8 Å². The van der Waals surface area contributed by atoms with E-state index in [9.17, 15) is 19.3 Å². The van der Waals surface area contributed by atoms with Gasteiger partial charge < -0.3 is 24.4 Å². The molecule has 9 nitrogen and oxygen atoms in total. The molecule has 0 bridgehead atoms. The SMILES string of the molecule is CC(C)CCCCCCCCCCCCCCC(=O)OC[C@H](COP(=O)(O)O)OC(=O)CCC/C=C\C/C=C\C/C=C\C/C=C\CCC[C@H](C)O. The Hall–Kier alpha value is -2.03. The summed E-state index contributed by atoms with van der Waals surface area (Å²) in [5.74, 6) is -0.154. The van der Waals surface area contributed by atoms with E-state index < -0.39 is 32.5 Å². The smallest absolute Gasteiger partial charge is 0.462 e. The first-order valence-electron chi connectivity index (χ1n) is 19.8. The predicted molar refractivity (Wildman–Crippen MR) is 208 cm³/mol. The Labute approximate surface area is 310 Å². The lowest BCUT2D eigenvalue weighted by Gasteiger charge is -2.18. The molecule has 0 amide bonds. The minimum Gasteiger partial charge on any atom is -0.462 e. The minimum absolute atomic E-state index is 0.124. The number of allylic oxidation sites excluding steroid dienone is 8. The van der Waals surface area contributed by atoms with Crippen molar-refractivity contribution in [3.63, 3.8) is 0 Å². The van der Waals surface area contributed by atoms with Crippen LogP contribution in [0.1, 0.15) is 168 Å². The highest BCUT2D eigenvalue weighted by Crippen LogP contribution is 2.36. The van der Waals surface area contributed by atoms with Gasteiger partial charge in [0.15, 0.2) is 6.10 Å². The highest BCUT2D eigenvalue weighted by Gasteiger charge is 2.22. The molecular weight excluding hydrogens is 667 g/mol. The quantitative estimate of drug-likeness (QED) is 0.0251. The average Bonchev–Trinajstić information content (AvgIpc) is 3.06. The molecule has 0 fully saturated rings. The molecular formula is C41H73O9P. The molecule has 0 aromatic heterocycles. The van der Waals surface area contributed by atoms with Gasteiger partial charge in [0.25, 0.3) is 0 Å². The number of ether oxygens (including phenoxy) is 2. The Morgan fingerprint density at radius 1 is 0.569 bits per heavy atom. The Balaban J connectivity index is 4.05. The van der Waals surface area contributed by atoms with Crippen LogP contribution in [0.15, 0.2) is 48.6 Å². The molecule has 0 saturated carbocycles. The number of phosphoric acid groups is 1. The molecule has 0 aromatic rings. The van der Waals surface area contributed by atoms with Crippen molar-refractivity contribution in [1.29, 1.82) is 0 Å². The van der Waals surface area contributed by atoms with Crippen LogP contribution in [-0.2, 0) is 28.2 Å². The van der Waals surface area contributed by atoms with Crippen molar-refractivity contribution in [3.05, 3.63) is 48.6 Å². The van der Waals surface area contributed by atoms with E-state index in [1.54, 1.807) is 0 Å². The van der Waals surface area contributed by atoms with Crippen LogP contribution in [0.4, 0.5) is 0 Å². The second-order valence-electron chi connectivity index (χ2n) is 14.0. The molecule has 0 rings (SSSR count). The largest absolute Gasteiger partial charge is 0.469 e. The summed E-state index contributed by atoms with van der Waals surface area (Å²) in [6, 6.07) is 0. The van der Waals surface area contributed by atoms with Gasteiger partial charge in [-0.15, -0.1) is 0 Å². The van der Waals surface area contributed by atoms with Crippen LogP contribution in [0.2, 0.25) is 0 Å². The summed E-state index contributed by atoms with van der Waals surface area (Å²) >= 11 is 0. The normalized spacial score (nSPS) is 13.7. The second kappa shape index (κ2) is 35.0. The van der Waals surface area contributed by atoms with Crippen LogP contribution >= 0.6 is 7.82 Å². The molecule has 0 aromatic carbocycles. The average molecular weight is 741 g/mol. The Kier molecular flexibility index (Phi) is 33.6. The zero-order chi connectivity index (χ0) is 37.8. The molecule has 0 unspecified atom stereocenters. The lowest BCUT2D eigenvalue weighted by Crippen LogP contribution is -2.29. The maximum absolute atomic E-state index is 12.4. The first-order chi connectivity index (χ1) is 24.5. The molecule has 0 saturated heterocycles. The highest BCUT2D eigenvalue weighted by atomic mass is 31.2. The van der Waals surface area contributed by atoms with Gasteiger partial charge in [0.1, 0.15) is 6.61 Å². The van der Waals surface area contributed by atoms with Crippen LogP contribution in [0.25, 0.3) is 0 Å². The summed E-state index contributed by atoms with van der Waals surface area (Å²) in [5, 5.41) is 9.24. The summed E-state index contributed by atoms with van der Waals surface area (Å²) in [7, 11) is -4.77. The van der Waals surface area contributed by atoms with Gasteiger partial charge in [0.05, 0.1) is 12.7 Å². The summed E-state index contributed by atoms with van der Waals surface area (Å²) in [6.45, 7) is 5.51. The van der Waals surface area contributed by atoms with Crippen LogP contribution < -0.4 is 0 Å². The first kappa shape index (κ1) is 49.0. The number of hydrogen-bond donors (Lipinski definition) is 3. The standard InChI is InChI=1S/C41H73O9P/c1-37(2)31-27-23-19-15-11-9-10-13-17-21-25-29-33-40(43)48-35-39(36-49-51(45,46)47)50-41(44)34-30-26-22-18-14-8-6-4-5-7-12-16-20-24-28-32-38(3)42/h5-8,16,18,20,22,37-39,42H,4,9-15,17,19,21,23-36H2,1-3H3,(H2,45,46,47)/b7-5-,8-6-,20-16-,22-18-/t38-,39+/m0/s1. The lowest BCUT2D eigenvalue weighted by atomic mass is 10.0. The van der Waals surface area contributed by atoms with Crippen LogP contribution in [0.5, 0.6) is 0 Å². The molecule has 0 spiro atoms. The monoisotopic (exact) mass is 740 g/mol. The van der Waals surface area contributed by atoms with E-state index in [-0.39, 0.29) is 25.6 Å². The number of rotatable bonds is 35. The van der Waals surface area contributed by atoms with E-state index in [4.69, 9.17) is 19.3 Å². The molecule has 0 aliphatic rings. The number of hydrogen-bond acceptors (Lipinski definition) is 7. The number of carbonyl (C=O) groups is 2. The second-order valence-corrected chi connectivity index (χ2v) is 15.3. The van der Waals surface area contributed by atoms with Crippen LogP contribution in [0.3, 0.4) is 0 Å². The fraction of sp³-hybridized carbons (Fsp3) is 0.756. The Morgan fingerprint density at radius 3 is 1.51 bits per heavy atom. The van der Waals surface area contributed by atoms with E-state index in [2.05, 4.69) is 54.8 Å². The molecule has 0 aliphatic carbocycles. The summed E-state index contributed by atoms with van der Waals surface area (Å²) in [6.07, 6.45) is 38.3. The number of esters is 2. The number of aliphatic hydroxyl groups excluding tert-OH is 1. The van der Waals surface area contributed by atoms with Gasteiger partial charge in [-0.3, -0.25) is 14.1 Å². The third kappa shape index (κ3) is 40.6. The summed E-state index contributed by atoms with van der Waals surface area (Å²) in [4.78, 5) is 42.7. The maximum Gasteiger partial charge on any atom is 0.469 e. The fourth-order valence-electron chi connectivity index (χ4n) is 5.33. The molecule has 51 heavy (non-hydrogen) atoms. The minimum atomic E-state index is -4.77. The third-order valence-corrected chi connectivity index (χ3v) is 8.78. The summed E-state index contributed by atoms with van der Waals surface area (Å²) in [5.41, 5.74) is 0. The van der Waals surface area contributed by atoms with Gasteiger partial charge in [-0.2, -0.15) is 0 Å². The van der Waals surface area contributed by atoms with E-state index in [1.807, 2.05) is 19.1 Å². The van der Waals surface area contributed by atoms with Crippen LogP contribution in [-0.4, -0.2) is 52.3 Å². The zero-order valence-electron chi connectivity index (χ0n) is 32.3. The molecule has 3 N–H and O–H groups in total. The topological polar surface area (TPSA) is 140 Å². The third-order valence-electron chi connectivity index (χ3n) is 8.30. The molecule has 2 atom stereocenters. The van der Waals surface area contributed by atoms with Crippen molar-refractivity contribution < 1.29 is 43.0 Å². The zero-order valence-corrected chi connectivity index (χ0v) is 33.2. The van der Waals surface area contributed by atoms with Crippen molar-refractivity contribution in [2.45, 2.75) is 181 Å². The molecule has 0 radical (unpaired) electrons. The number of unbranched alkanes of at least 4 members (excludes halogenated alkanes) is 13. The predicted octanol–water partition coefficient (Wildman–Crippen LogP) is 10.8. The van der Waals surface area contributed by atoms with Gasteiger partial charge in [0.2, 0.25) is 0 Å². The maximum atomic E-state index is 12.4. The molecule has 296 valence electrons. The summed E-state index contributed by atoms with van der Waals surface area (Å²) < 4.78 is 26.3. The fourth-order valence-corrected chi connectivity index (χ4v) is 5.69. The van der Waals surface area contributed by atoms with Crippen molar-refractivity contribution >= 4 is 19.8 Å². The number of carbonyl (C=O) groups excluding carboxylic acids is 2. The molecule has 10 heteroatoms. The lowest BCUT2D eigenvalue weighted by molar-refractivity contribution is -0.161. The van der Waals surface area contributed by atoms with Gasteiger partial charge in [-0.05, 0) is 70.6 Å². The number of phosphoric ester groups is 1. The Bertz CT molecular complexity index is 997. The van der Waals surface area contributed by atoms with Gasteiger partial charge in [-0.1, -0.05) is 140 Å². The van der Waals surface area contributed by atoms with Gasteiger partial charge in [0, 0.05) is 12.8 Å². The van der Waals surface area contributed by atoms with Gasteiger partial charge in [-0.25, -0.2) is 4.57 Å². The van der Waals surface area contributed by atoms with Crippen molar-refractivity contribution in [2.24, 2.45) is 5.92 Å². The van der Waals surface area contributed by atoms with E-state index in [0.717, 1.165) is 57.3 Å². The molecule has 0 heterocycles. The van der Waals surface area contributed by atoms with Crippen molar-refractivity contribution in [1.82, 2.24) is 0 Å². The molecule has 0 aliphatic heterocycles. The number of aliphatic hydroxyl groups is 1. The van der Waals surface area contributed by atoms with E-state index >= 15 is 0 Å². The van der Waals surface area contributed by atoms with Crippen LogP contribution in [0, 0.1) is 5.92 Å². The Morgan fingerprint density at radius 2 is 1.02 bits per heavy atom. The van der Waals surface area contributed by atoms with Crippen molar-refractivity contribution in [2.75, 3.05) is 13.2 Å². The first-order valence-corrected chi connectivity index (χ1v) is 21.4. The van der Waals surface area contributed by atoms with E-state index in [0.29, 0.717) is 19.3 Å².